The van der Waals surface area contributed by atoms with Crippen molar-refractivity contribution in [3.05, 3.63) is 29.8 Å². The maximum Gasteiger partial charge on any atom is 0.326 e. The highest BCUT2D eigenvalue weighted by Crippen LogP contribution is 2.20. The van der Waals surface area contributed by atoms with Gasteiger partial charge in [0.15, 0.2) is 0 Å². The van der Waals surface area contributed by atoms with Crippen molar-refractivity contribution in [3.8, 4) is 5.75 Å². The number of carbonyl (C=O) groups is 4. The van der Waals surface area contributed by atoms with E-state index in [1.54, 1.807) is 26.0 Å². The van der Waals surface area contributed by atoms with Crippen LogP contribution in [0.15, 0.2) is 24.3 Å². The average molecular weight is 607 g/mol. The Balaban J connectivity index is 3.09. The maximum atomic E-state index is 13.8. The summed E-state index contributed by atoms with van der Waals surface area (Å²) in [5.74, 6) is -3.36. The molecular weight excluding hydrogens is 552 g/mol. The number of nitrogens with zero attached hydrogens (tertiary/aromatic N) is 2. The summed E-state index contributed by atoms with van der Waals surface area (Å²) >= 11 is 0. The zero-order valence-corrected chi connectivity index (χ0v) is 27.0. The number of nitrogens with one attached hydrogen (secondary N) is 1. The molecule has 0 unspecified atom stereocenters. The molecule has 0 saturated heterocycles. The molecular formula is C32H54N4O7. The number of phenols is 1. The van der Waals surface area contributed by atoms with Crippen LogP contribution in [-0.2, 0) is 25.6 Å². The second-order valence-corrected chi connectivity index (χ2v) is 12.3. The molecule has 0 aromatic heterocycles. The van der Waals surface area contributed by atoms with Crippen LogP contribution >= 0.6 is 0 Å². The third-order valence-electron chi connectivity index (χ3n) is 7.81. The van der Waals surface area contributed by atoms with Crippen LogP contribution in [0.5, 0.6) is 5.75 Å². The van der Waals surface area contributed by atoms with E-state index in [2.05, 4.69) is 12.2 Å². The molecule has 1 rings (SSSR count). The number of hydrogen-bond donors (Lipinski definition) is 5. The summed E-state index contributed by atoms with van der Waals surface area (Å²) in [6.45, 7) is 9.41. The number of aliphatic hydroxyl groups excluding tert-OH is 1. The van der Waals surface area contributed by atoms with Crippen molar-refractivity contribution >= 4 is 23.7 Å². The van der Waals surface area contributed by atoms with Crippen LogP contribution in [0.3, 0.4) is 0 Å². The molecule has 0 radical (unpaired) electrons. The highest BCUT2D eigenvalue weighted by atomic mass is 16.4. The largest absolute Gasteiger partial charge is 0.508 e. The fourth-order valence-corrected chi connectivity index (χ4v) is 4.97. The third-order valence-corrected chi connectivity index (χ3v) is 7.81. The van der Waals surface area contributed by atoms with Gasteiger partial charge in [0.05, 0.1) is 0 Å². The zero-order valence-electron chi connectivity index (χ0n) is 27.0. The molecule has 1 aromatic rings. The molecule has 11 nitrogen and oxygen atoms in total. The second kappa shape index (κ2) is 18.5. The Morgan fingerprint density at radius 1 is 0.884 bits per heavy atom. The molecule has 0 heterocycles. The number of carboxylic acid groups (broad SMARTS) is 1. The topological polar surface area (TPSA) is 173 Å². The SMILES string of the molecule is CCCCCCC[C@@H](N)[C@@H](O)C(=O)N[C@H](C(=O)N(C)[C@H](CC(C)C)C(=O)N(C)[C@H](Cc1ccc(O)cc1)C(=O)O)C(C)C. The number of unbranched alkanes of at least 4 members (excludes halogenated alkanes) is 4. The number of hydrogen-bond acceptors (Lipinski definition) is 7. The molecule has 0 aliphatic rings. The molecule has 3 amide bonds. The predicted molar refractivity (Wildman–Crippen MR) is 166 cm³/mol. The lowest BCUT2D eigenvalue weighted by Crippen LogP contribution is -2.59. The number of rotatable bonds is 19. The first-order chi connectivity index (χ1) is 20.1. The molecule has 1 aromatic carbocycles. The number of aromatic hydroxyl groups is 1. The molecule has 244 valence electrons. The molecule has 0 bridgehead atoms. The van der Waals surface area contributed by atoms with Gasteiger partial charge in [0.2, 0.25) is 11.8 Å². The van der Waals surface area contributed by atoms with Crippen LogP contribution in [-0.4, -0.2) is 93.2 Å². The Kier molecular flexibility index (Phi) is 16.3. The minimum atomic E-state index is -1.49. The Bertz CT molecular complexity index is 1030. The lowest BCUT2D eigenvalue weighted by molar-refractivity contribution is -0.154. The fourth-order valence-electron chi connectivity index (χ4n) is 4.97. The van der Waals surface area contributed by atoms with Crippen LogP contribution in [0.1, 0.15) is 85.1 Å². The van der Waals surface area contributed by atoms with E-state index >= 15 is 0 Å². The summed E-state index contributed by atoms with van der Waals surface area (Å²) in [4.78, 5) is 55.1. The number of nitrogens with two attached hydrogens (primary N) is 1. The number of likely N-dealkylation sites (N-methyl/N-ethyl adjacent to an activating group) is 2. The first-order valence-corrected chi connectivity index (χ1v) is 15.4. The molecule has 6 N–H and O–H groups in total. The second-order valence-electron chi connectivity index (χ2n) is 12.3. The average Bonchev–Trinajstić information content (AvgIpc) is 2.95. The molecule has 43 heavy (non-hydrogen) atoms. The minimum Gasteiger partial charge on any atom is -0.508 e. The number of carboxylic acids is 1. The highest BCUT2D eigenvalue weighted by Gasteiger charge is 2.38. The van der Waals surface area contributed by atoms with E-state index in [0.717, 1.165) is 37.0 Å². The van der Waals surface area contributed by atoms with Crippen LogP contribution in [0.4, 0.5) is 0 Å². The van der Waals surface area contributed by atoms with Crippen LogP contribution in [0.2, 0.25) is 0 Å². The summed E-state index contributed by atoms with van der Waals surface area (Å²) in [5, 5.41) is 32.8. The first kappa shape index (κ1) is 37.8. The van der Waals surface area contributed by atoms with E-state index < -0.39 is 54.0 Å². The van der Waals surface area contributed by atoms with E-state index in [0.29, 0.717) is 12.0 Å². The summed E-state index contributed by atoms with van der Waals surface area (Å²) in [7, 11) is 2.87. The molecule has 11 heteroatoms. The van der Waals surface area contributed by atoms with Crippen molar-refractivity contribution in [2.45, 2.75) is 116 Å². The standard InChI is InChI=1S/C32H54N4O7/c1-8-9-10-11-12-13-24(33)28(38)29(39)34-27(21(4)5)31(41)35(6)25(18-20(2)3)30(40)36(7)26(32(42)43)19-22-14-16-23(37)17-15-22/h14-17,20-21,24-28,37-38H,8-13,18-19,33H2,1-7H3,(H,34,39)(H,42,43)/t24-,25-,26-,27+,28-/m1/s1. The van der Waals surface area contributed by atoms with Gasteiger partial charge in [-0.2, -0.15) is 0 Å². The monoisotopic (exact) mass is 606 g/mol. The van der Waals surface area contributed by atoms with Gasteiger partial charge >= 0.3 is 5.97 Å². The molecule has 5 atom stereocenters. The van der Waals surface area contributed by atoms with Crippen LogP contribution in [0, 0.1) is 11.8 Å². The number of phenolic OH excluding ortho intramolecular Hbond substituents is 1. The van der Waals surface area contributed by atoms with Crippen molar-refractivity contribution < 1.29 is 34.5 Å². The molecule has 0 aliphatic carbocycles. The van der Waals surface area contributed by atoms with Gasteiger partial charge in [-0.15, -0.1) is 0 Å². The number of benzene rings is 1. The predicted octanol–water partition coefficient (Wildman–Crippen LogP) is 2.91. The van der Waals surface area contributed by atoms with Gasteiger partial charge in [-0.3, -0.25) is 14.4 Å². The smallest absolute Gasteiger partial charge is 0.326 e. The Hall–Kier alpha value is -3.18. The molecule has 0 aliphatic heterocycles. The number of aliphatic carboxylic acids is 1. The van der Waals surface area contributed by atoms with Crippen molar-refractivity contribution in [3.63, 3.8) is 0 Å². The highest BCUT2D eigenvalue weighted by molar-refractivity contribution is 5.94. The molecule has 0 fully saturated rings. The van der Waals surface area contributed by atoms with Gasteiger partial charge in [-0.05, 0) is 42.4 Å². The van der Waals surface area contributed by atoms with Crippen molar-refractivity contribution in [2.75, 3.05) is 14.1 Å². The summed E-state index contributed by atoms with van der Waals surface area (Å²) in [5.41, 5.74) is 6.72. The Labute approximate surface area is 256 Å². The van der Waals surface area contributed by atoms with Crippen LogP contribution < -0.4 is 11.1 Å². The van der Waals surface area contributed by atoms with Crippen molar-refractivity contribution in [1.29, 1.82) is 0 Å². The molecule has 0 spiro atoms. The van der Waals surface area contributed by atoms with E-state index in [-0.39, 0.29) is 30.4 Å². The quantitative estimate of drug-likeness (QED) is 0.150. The lowest BCUT2D eigenvalue weighted by Gasteiger charge is -2.36. The normalized spacial score (nSPS) is 15.0. The maximum absolute atomic E-state index is 13.8. The van der Waals surface area contributed by atoms with Gasteiger partial charge in [0.25, 0.3) is 5.91 Å². The summed E-state index contributed by atoms with van der Waals surface area (Å²) < 4.78 is 0. The van der Waals surface area contributed by atoms with E-state index in [1.807, 2.05) is 13.8 Å². The van der Waals surface area contributed by atoms with Crippen molar-refractivity contribution in [1.82, 2.24) is 15.1 Å². The summed E-state index contributed by atoms with van der Waals surface area (Å²) in [6, 6.07) is 2.06. The van der Waals surface area contributed by atoms with E-state index in [9.17, 15) is 34.5 Å². The minimum absolute atomic E-state index is 0.00529. The number of carbonyl (C=O) groups excluding carboxylic acids is 3. The van der Waals surface area contributed by atoms with Gasteiger partial charge in [0, 0.05) is 26.6 Å². The fraction of sp³-hybridized carbons (Fsp3) is 0.688. The van der Waals surface area contributed by atoms with Gasteiger partial charge in [-0.1, -0.05) is 78.9 Å². The van der Waals surface area contributed by atoms with E-state index in [4.69, 9.17) is 5.73 Å². The number of amides is 3. The van der Waals surface area contributed by atoms with Gasteiger partial charge < -0.3 is 36.2 Å². The summed E-state index contributed by atoms with van der Waals surface area (Å²) in [6.07, 6.45) is 4.31. The molecule has 0 saturated carbocycles. The van der Waals surface area contributed by atoms with Crippen molar-refractivity contribution in [2.24, 2.45) is 17.6 Å². The number of aliphatic hydroxyl groups is 1. The zero-order chi connectivity index (χ0) is 32.9. The Morgan fingerprint density at radius 3 is 1.95 bits per heavy atom. The third kappa shape index (κ3) is 12.1. The first-order valence-electron chi connectivity index (χ1n) is 15.4. The van der Waals surface area contributed by atoms with Gasteiger partial charge in [-0.25, -0.2) is 4.79 Å². The van der Waals surface area contributed by atoms with E-state index in [1.165, 1.54) is 31.1 Å². The van der Waals surface area contributed by atoms with Crippen LogP contribution in [0.25, 0.3) is 0 Å². The van der Waals surface area contributed by atoms with Gasteiger partial charge in [0.1, 0.15) is 30.0 Å². The Morgan fingerprint density at radius 2 is 1.44 bits per heavy atom. The lowest BCUT2D eigenvalue weighted by atomic mass is 9.96.